The Balaban J connectivity index is 2.29. The van der Waals surface area contributed by atoms with Gasteiger partial charge in [0.05, 0.1) is 6.54 Å². The largest absolute Gasteiger partial charge is 0.622 e. The Bertz CT molecular complexity index is 539. The van der Waals surface area contributed by atoms with Crippen LogP contribution in [0, 0.1) is 5.21 Å². The van der Waals surface area contributed by atoms with Gasteiger partial charge in [0.15, 0.2) is 0 Å². The predicted octanol–water partition coefficient (Wildman–Crippen LogP) is 0.947. The SMILES string of the molecule is CNC(=O)OC1CN(C)C[N+]1([O-])c1nnc(C(F)(F)F)s1. The van der Waals surface area contributed by atoms with E-state index in [1.165, 1.54) is 11.9 Å². The summed E-state index contributed by atoms with van der Waals surface area (Å²) in [5.74, 6) is 0. The second kappa shape index (κ2) is 5.36. The van der Waals surface area contributed by atoms with Crippen molar-refractivity contribution in [2.75, 3.05) is 27.3 Å². The molecule has 1 fully saturated rings. The molecule has 0 saturated carbocycles. The number of rotatable bonds is 2. The second-order valence-electron chi connectivity index (χ2n) is 4.47. The highest BCUT2D eigenvalue weighted by Gasteiger charge is 2.47. The predicted molar refractivity (Wildman–Crippen MR) is 66.9 cm³/mol. The molecule has 0 radical (unpaired) electrons. The number of likely N-dealkylation sites (N-methyl/N-ethyl adjacent to an activating group) is 1. The van der Waals surface area contributed by atoms with Gasteiger partial charge in [0.2, 0.25) is 5.01 Å². The zero-order valence-electron chi connectivity index (χ0n) is 11.0. The molecule has 12 heteroatoms. The highest BCUT2D eigenvalue weighted by molar-refractivity contribution is 7.15. The minimum absolute atomic E-state index is 0.0812. The lowest BCUT2D eigenvalue weighted by Gasteiger charge is -2.37. The second-order valence-corrected chi connectivity index (χ2v) is 5.43. The third-order valence-electron chi connectivity index (χ3n) is 2.81. The third kappa shape index (κ3) is 3.07. The number of nitrogens with zero attached hydrogens (tertiary/aromatic N) is 4. The van der Waals surface area contributed by atoms with E-state index < -0.39 is 33.3 Å². The summed E-state index contributed by atoms with van der Waals surface area (Å²) in [5, 5.41) is 19.7. The first-order valence-corrected chi connectivity index (χ1v) is 6.55. The minimum atomic E-state index is -4.67. The zero-order chi connectivity index (χ0) is 15.8. The Hall–Kier alpha value is -1.50. The molecule has 1 aromatic rings. The van der Waals surface area contributed by atoms with Gasteiger partial charge in [0.1, 0.15) is 6.67 Å². The Kier molecular flexibility index (Phi) is 4.06. The summed E-state index contributed by atoms with van der Waals surface area (Å²) in [7, 11) is 2.90. The van der Waals surface area contributed by atoms with Crippen LogP contribution in [0.4, 0.5) is 23.1 Å². The number of quaternary nitrogens is 1. The topological polar surface area (TPSA) is 90.4 Å². The Morgan fingerprint density at radius 1 is 1.57 bits per heavy atom. The first-order chi connectivity index (χ1) is 9.66. The maximum Gasteiger partial charge on any atom is 0.445 e. The number of ether oxygens (including phenoxy) is 1. The summed E-state index contributed by atoms with van der Waals surface area (Å²) in [6, 6.07) is 0. The molecule has 2 rings (SSSR count). The summed E-state index contributed by atoms with van der Waals surface area (Å²) >= 11 is 0.151. The quantitative estimate of drug-likeness (QED) is 0.642. The molecule has 1 aromatic heterocycles. The van der Waals surface area contributed by atoms with Gasteiger partial charge in [-0.3, -0.25) is 4.65 Å². The van der Waals surface area contributed by atoms with Gasteiger partial charge in [0.25, 0.3) is 6.23 Å². The van der Waals surface area contributed by atoms with E-state index in [0.717, 1.165) is 0 Å². The molecule has 1 aliphatic rings. The van der Waals surface area contributed by atoms with Gasteiger partial charge in [-0.25, -0.2) is 9.69 Å². The first-order valence-electron chi connectivity index (χ1n) is 5.73. The van der Waals surface area contributed by atoms with Gasteiger partial charge in [-0.1, -0.05) is 5.10 Å². The summed E-state index contributed by atoms with van der Waals surface area (Å²) in [4.78, 5) is 12.8. The molecule has 1 N–H and O–H groups in total. The minimum Gasteiger partial charge on any atom is -0.622 e. The first kappa shape index (κ1) is 15.9. The number of hydroxylamine groups is 2. The maximum absolute atomic E-state index is 12.8. The van der Waals surface area contributed by atoms with E-state index in [-0.39, 0.29) is 24.6 Å². The standard InChI is InChI=1S/C9H12F3N5O3S/c1-13-8(18)20-5-3-16(2)4-17(5,19)7-15-14-6(21-7)9(10,11)12/h5H,3-4H2,1-2H3,(H,13,18). The number of alkyl carbamates (subject to hydrolysis) is 1. The van der Waals surface area contributed by atoms with Crippen LogP contribution in [0.3, 0.4) is 0 Å². The summed E-state index contributed by atoms with van der Waals surface area (Å²) < 4.78 is 41.2. The molecule has 21 heavy (non-hydrogen) atoms. The van der Waals surface area contributed by atoms with E-state index >= 15 is 0 Å². The van der Waals surface area contributed by atoms with Crippen molar-refractivity contribution in [1.29, 1.82) is 0 Å². The number of halogens is 3. The van der Waals surface area contributed by atoms with Crippen LogP contribution >= 0.6 is 11.3 Å². The smallest absolute Gasteiger partial charge is 0.445 e. The van der Waals surface area contributed by atoms with Gasteiger partial charge in [-0.2, -0.15) is 13.2 Å². The summed E-state index contributed by atoms with van der Waals surface area (Å²) in [6.45, 7) is -0.105. The number of amides is 1. The fraction of sp³-hybridized carbons (Fsp3) is 0.667. The highest BCUT2D eigenvalue weighted by Crippen LogP contribution is 2.39. The van der Waals surface area contributed by atoms with Crippen molar-refractivity contribution < 1.29 is 22.7 Å². The Labute approximate surface area is 121 Å². The van der Waals surface area contributed by atoms with E-state index in [1.54, 1.807) is 7.05 Å². The molecule has 0 bridgehead atoms. The molecule has 8 nitrogen and oxygen atoms in total. The number of aromatic nitrogens is 2. The van der Waals surface area contributed by atoms with Crippen LogP contribution in [0.15, 0.2) is 0 Å². The lowest BCUT2D eigenvalue weighted by Crippen LogP contribution is -2.51. The molecular weight excluding hydrogens is 315 g/mol. The molecule has 2 heterocycles. The van der Waals surface area contributed by atoms with Crippen LogP contribution in [0.5, 0.6) is 0 Å². The summed E-state index contributed by atoms with van der Waals surface area (Å²) in [5.41, 5.74) is 0. The molecule has 1 saturated heterocycles. The van der Waals surface area contributed by atoms with Crippen LogP contribution in [-0.2, 0) is 10.9 Å². The van der Waals surface area contributed by atoms with Gasteiger partial charge in [-0.15, -0.1) is 5.10 Å². The summed E-state index contributed by atoms with van der Waals surface area (Å²) in [6.07, 6.45) is -6.71. The van der Waals surface area contributed by atoms with Crippen molar-refractivity contribution in [3.05, 3.63) is 10.2 Å². The van der Waals surface area contributed by atoms with Crippen molar-refractivity contribution in [1.82, 2.24) is 25.1 Å². The number of carbonyl (C=O) groups excluding carboxylic acids is 1. The van der Waals surface area contributed by atoms with E-state index in [9.17, 15) is 23.2 Å². The van der Waals surface area contributed by atoms with Crippen LogP contribution in [0.2, 0.25) is 0 Å². The van der Waals surface area contributed by atoms with Crippen molar-refractivity contribution in [3.63, 3.8) is 0 Å². The Morgan fingerprint density at radius 3 is 2.76 bits per heavy atom. The van der Waals surface area contributed by atoms with Crippen LogP contribution in [0.1, 0.15) is 5.01 Å². The molecule has 1 amide bonds. The van der Waals surface area contributed by atoms with Gasteiger partial charge in [-0.05, 0) is 18.4 Å². The van der Waals surface area contributed by atoms with Crippen LogP contribution in [0.25, 0.3) is 0 Å². The van der Waals surface area contributed by atoms with E-state index in [2.05, 4.69) is 15.5 Å². The van der Waals surface area contributed by atoms with E-state index in [4.69, 9.17) is 4.74 Å². The number of alkyl halides is 3. The fourth-order valence-electron chi connectivity index (χ4n) is 1.88. The molecule has 2 atom stereocenters. The lowest BCUT2D eigenvalue weighted by molar-refractivity contribution is -0.138. The van der Waals surface area contributed by atoms with Crippen molar-refractivity contribution in [2.45, 2.75) is 12.4 Å². The van der Waals surface area contributed by atoms with Crippen molar-refractivity contribution >= 4 is 22.6 Å². The van der Waals surface area contributed by atoms with Crippen LogP contribution < -0.4 is 9.96 Å². The average Bonchev–Trinajstić information content (AvgIpc) is 2.95. The molecule has 0 spiro atoms. The van der Waals surface area contributed by atoms with Crippen molar-refractivity contribution in [2.24, 2.45) is 0 Å². The number of hydrogen-bond acceptors (Lipinski definition) is 7. The number of carbonyl (C=O) groups is 1. The fourth-order valence-corrected chi connectivity index (χ4v) is 2.66. The highest BCUT2D eigenvalue weighted by atomic mass is 32.1. The molecular formula is C9H12F3N5O3S. The Morgan fingerprint density at radius 2 is 2.24 bits per heavy atom. The molecule has 2 unspecified atom stereocenters. The van der Waals surface area contributed by atoms with E-state index in [1.807, 2.05) is 0 Å². The van der Waals surface area contributed by atoms with Crippen molar-refractivity contribution in [3.8, 4) is 0 Å². The third-order valence-corrected chi connectivity index (χ3v) is 3.89. The number of nitrogens with one attached hydrogen (secondary N) is 1. The molecule has 0 aliphatic carbocycles. The maximum atomic E-state index is 12.8. The number of hydrogen-bond donors (Lipinski definition) is 1. The molecule has 0 aromatic carbocycles. The average molecular weight is 327 g/mol. The van der Waals surface area contributed by atoms with Gasteiger partial charge < -0.3 is 15.3 Å². The normalized spacial score (nSPS) is 26.9. The zero-order valence-corrected chi connectivity index (χ0v) is 11.9. The lowest BCUT2D eigenvalue weighted by atomic mass is 10.5. The van der Waals surface area contributed by atoms with E-state index in [0.29, 0.717) is 0 Å². The van der Waals surface area contributed by atoms with Gasteiger partial charge in [0, 0.05) is 7.05 Å². The van der Waals surface area contributed by atoms with Crippen LogP contribution in [-0.4, -0.2) is 54.7 Å². The van der Waals surface area contributed by atoms with Gasteiger partial charge >= 0.3 is 17.4 Å². The molecule has 1 aliphatic heterocycles. The monoisotopic (exact) mass is 327 g/mol. The molecule has 118 valence electrons.